The summed E-state index contributed by atoms with van der Waals surface area (Å²) in [5.74, 6) is 1.54. The maximum Gasteiger partial charge on any atom is 0.237 e. The summed E-state index contributed by atoms with van der Waals surface area (Å²) in [6, 6.07) is 3.83. The second-order valence-electron chi connectivity index (χ2n) is 4.37. The molecule has 5 nitrogen and oxygen atoms in total. The Bertz CT molecular complexity index is 507. The van der Waals surface area contributed by atoms with Crippen LogP contribution < -0.4 is 10.1 Å². The highest BCUT2D eigenvalue weighted by Crippen LogP contribution is 2.22. The lowest BCUT2D eigenvalue weighted by molar-refractivity contribution is 0.234. The lowest BCUT2D eigenvalue weighted by Gasteiger charge is -2.13. The second-order valence-corrected chi connectivity index (χ2v) is 4.37. The van der Waals surface area contributed by atoms with E-state index in [0.717, 1.165) is 17.2 Å². The monoisotopic (exact) mass is 246 g/mol. The number of H-pyrrole nitrogens is 1. The summed E-state index contributed by atoms with van der Waals surface area (Å²) in [4.78, 5) is 11.6. The summed E-state index contributed by atoms with van der Waals surface area (Å²) in [6.45, 7) is 6.56. The van der Waals surface area contributed by atoms with Gasteiger partial charge >= 0.3 is 0 Å². The van der Waals surface area contributed by atoms with Crippen LogP contribution in [0.2, 0.25) is 0 Å². The predicted octanol–water partition coefficient (Wildman–Crippen LogP) is 2.51. The number of ether oxygens (including phenoxy) is 1. The summed E-state index contributed by atoms with van der Waals surface area (Å²) in [7, 11) is 0. The van der Waals surface area contributed by atoms with Crippen molar-refractivity contribution in [3.8, 4) is 5.88 Å². The van der Waals surface area contributed by atoms with Gasteiger partial charge in [0.2, 0.25) is 5.88 Å². The molecule has 0 bridgehead atoms. The first kappa shape index (κ1) is 12.4. The number of hydrogen-bond donors (Lipinski definition) is 2. The third kappa shape index (κ3) is 3.23. The summed E-state index contributed by atoms with van der Waals surface area (Å²) >= 11 is 0. The van der Waals surface area contributed by atoms with Crippen molar-refractivity contribution in [3.63, 3.8) is 0 Å². The van der Waals surface area contributed by atoms with Gasteiger partial charge in [-0.1, -0.05) is 0 Å². The molecule has 5 heteroatoms. The van der Waals surface area contributed by atoms with Crippen molar-refractivity contribution in [1.82, 2.24) is 15.0 Å². The minimum absolute atomic E-state index is 0.106. The molecule has 0 radical (unpaired) electrons. The van der Waals surface area contributed by atoms with Crippen molar-refractivity contribution in [3.05, 3.63) is 36.0 Å². The van der Waals surface area contributed by atoms with E-state index >= 15 is 0 Å². The van der Waals surface area contributed by atoms with Crippen LogP contribution in [0, 0.1) is 6.92 Å². The van der Waals surface area contributed by atoms with Crippen LogP contribution in [0.5, 0.6) is 5.88 Å². The third-order valence-corrected chi connectivity index (χ3v) is 2.34. The van der Waals surface area contributed by atoms with Gasteiger partial charge in [0.1, 0.15) is 5.82 Å². The average molecular weight is 246 g/mol. The van der Waals surface area contributed by atoms with Crippen molar-refractivity contribution >= 4 is 5.69 Å². The van der Waals surface area contributed by atoms with Gasteiger partial charge in [-0.3, -0.25) is 0 Å². The van der Waals surface area contributed by atoms with E-state index in [-0.39, 0.29) is 6.10 Å². The normalized spacial score (nSPS) is 10.7. The van der Waals surface area contributed by atoms with Crippen molar-refractivity contribution < 1.29 is 4.74 Å². The molecule has 0 aliphatic carbocycles. The maximum atomic E-state index is 5.64. The van der Waals surface area contributed by atoms with E-state index in [2.05, 4.69) is 20.3 Å². The first-order valence-corrected chi connectivity index (χ1v) is 6.01. The summed E-state index contributed by atoms with van der Waals surface area (Å²) in [6.07, 6.45) is 3.65. The summed E-state index contributed by atoms with van der Waals surface area (Å²) in [5.41, 5.74) is 1.92. The molecule has 0 fully saturated rings. The van der Waals surface area contributed by atoms with Gasteiger partial charge in [-0.2, -0.15) is 0 Å². The van der Waals surface area contributed by atoms with Crippen molar-refractivity contribution in [2.75, 3.05) is 5.32 Å². The van der Waals surface area contributed by atoms with E-state index in [0.29, 0.717) is 12.4 Å². The number of hydrogen-bond acceptors (Lipinski definition) is 4. The third-order valence-electron chi connectivity index (χ3n) is 2.34. The SMILES string of the molecule is Cc1ncc(CNc2cccnc2OC(C)C)[nH]1. The Balaban J connectivity index is 2.04. The van der Waals surface area contributed by atoms with Gasteiger partial charge in [-0.25, -0.2) is 9.97 Å². The molecule has 96 valence electrons. The Kier molecular flexibility index (Phi) is 3.82. The van der Waals surface area contributed by atoms with Crippen LogP contribution in [0.15, 0.2) is 24.5 Å². The molecule has 2 N–H and O–H groups in total. The number of nitrogens with zero attached hydrogens (tertiary/aromatic N) is 2. The van der Waals surface area contributed by atoms with Crippen molar-refractivity contribution in [2.24, 2.45) is 0 Å². The number of imidazole rings is 1. The van der Waals surface area contributed by atoms with Gasteiger partial charge < -0.3 is 15.0 Å². The number of aromatic nitrogens is 3. The fraction of sp³-hybridized carbons (Fsp3) is 0.385. The maximum absolute atomic E-state index is 5.64. The Labute approximate surface area is 107 Å². The number of aromatic amines is 1. The molecule has 0 aromatic carbocycles. The molecule has 2 aromatic heterocycles. The molecule has 0 saturated heterocycles. The van der Waals surface area contributed by atoms with Crippen LogP contribution in [0.4, 0.5) is 5.69 Å². The molecule has 0 atom stereocenters. The Morgan fingerprint density at radius 3 is 2.89 bits per heavy atom. The van der Waals surface area contributed by atoms with E-state index in [9.17, 15) is 0 Å². The van der Waals surface area contributed by atoms with Crippen molar-refractivity contribution in [1.29, 1.82) is 0 Å². The van der Waals surface area contributed by atoms with E-state index < -0.39 is 0 Å². The quantitative estimate of drug-likeness (QED) is 0.851. The van der Waals surface area contributed by atoms with Crippen LogP contribution in [0.25, 0.3) is 0 Å². The Morgan fingerprint density at radius 2 is 2.22 bits per heavy atom. The molecular weight excluding hydrogens is 228 g/mol. The molecular formula is C13H18N4O. The molecule has 2 rings (SSSR count). The molecule has 0 amide bonds. The summed E-state index contributed by atoms with van der Waals surface area (Å²) < 4.78 is 5.64. The first-order valence-electron chi connectivity index (χ1n) is 6.01. The largest absolute Gasteiger partial charge is 0.473 e. The Hall–Kier alpha value is -2.04. The number of aryl methyl sites for hydroxylation is 1. The van der Waals surface area contributed by atoms with Crippen LogP contribution in [-0.2, 0) is 6.54 Å². The topological polar surface area (TPSA) is 62.8 Å². The highest BCUT2D eigenvalue weighted by atomic mass is 16.5. The van der Waals surface area contributed by atoms with Crippen LogP contribution in [0.3, 0.4) is 0 Å². The number of pyridine rings is 1. The van der Waals surface area contributed by atoms with E-state index in [1.165, 1.54) is 0 Å². The van der Waals surface area contributed by atoms with Crippen LogP contribution in [0.1, 0.15) is 25.4 Å². The van der Waals surface area contributed by atoms with Gasteiger partial charge in [-0.15, -0.1) is 0 Å². The lowest BCUT2D eigenvalue weighted by Crippen LogP contribution is -2.10. The first-order chi connectivity index (χ1) is 8.65. The zero-order valence-electron chi connectivity index (χ0n) is 10.9. The van der Waals surface area contributed by atoms with Gasteiger partial charge in [0.05, 0.1) is 30.2 Å². The fourth-order valence-electron chi connectivity index (χ4n) is 1.59. The minimum atomic E-state index is 0.106. The highest BCUT2D eigenvalue weighted by molar-refractivity contribution is 5.52. The minimum Gasteiger partial charge on any atom is -0.473 e. The smallest absolute Gasteiger partial charge is 0.237 e. The average Bonchev–Trinajstić information content (AvgIpc) is 2.73. The van der Waals surface area contributed by atoms with Crippen molar-refractivity contribution in [2.45, 2.75) is 33.4 Å². The molecule has 0 saturated carbocycles. The molecule has 0 aliphatic heterocycles. The number of anilines is 1. The molecule has 0 unspecified atom stereocenters. The second kappa shape index (κ2) is 5.53. The zero-order valence-corrected chi connectivity index (χ0v) is 10.9. The number of rotatable bonds is 5. The van der Waals surface area contributed by atoms with Crippen LogP contribution >= 0.6 is 0 Å². The van der Waals surface area contributed by atoms with E-state index in [1.807, 2.05) is 39.1 Å². The van der Waals surface area contributed by atoms with Gasteiger partial charge in [0.15, 0.2) is 0 Å². The number of nitrogens with one attached hydrogen (secondary N) is 2. The van der Waals surface area contributed by atoms with Gasteiger partial charge in [0, 0.05) is 6.20 Å². The molecule has 2 aromatic rings. The van der Waals surface area contributed by atoms with Gasteiger partial charge in [0.25, 0.3) is 0 Å². The fourth-order valence-corrected chi connectivity index (χ4v) is 1.59. The molecule has 0 spiro atoms. The molecule has 18 heavy (non-hydrogen) atoms. The predicted molar refractivity (Wildman–Crippen MR) is 70.7 cm³/mol. The molecule has 0 aliphatic rings. The lowest BCUT2D eigenvalue weighted by atomic mass is 10.3. The van der Waals surface area contributed by atoms with Gasteiger partial charge in [-0.05, 0) is 32.9 Å². The van der Waals surface area contributed by atoms with E-state index in [1.54, 1.807) is 6.20 Å². The standard InChI is InChI=1S/C13H18N4O/c1-9(2)18-13-12(5-4-6-14-13)16-8-11-7-15-10(3)17-11/h4-7,9,16H,8H2,1-3H3,(H,15,17). The Morgan fingerprint density at radius 1 is 1.39 bits per heavy atom. The van der Waals surface area contributed by atoms with E-state index in [4.69, 9.17) is 4.74 Å². The highest BCUT2D eigenvalue weighted by Gasteiger charge is 2.06. The zero-order chi connectivity index (χ0) is 13.0. The summed E-state index contributed by atoms with van der Waals surface area (Å²) in [5, 5.41) is 3.29. The molecule has 2 heterocycles. The van der Waals surface area contributed by atoms with Crippen LogP contribution in [-0.4, -0.2) is 21.1 Å².